The first kappa shape index (κ1) is 23.5. The topological polar surface area (TPSA) is 90.4 Å². The highest BCUT2D eigenvalue weighted by molar-refractivity contribution is 6.00. The first-order valence-corrected chi connectivity index (χ1v) is 10.2. The third-order valence-electron chi connectivity index (χ3n) is 5.32. The summed E-state index contributed by atoms with van der Waals surface area (Å²) in [4.78, 5) is 12.3. The van der Waals surface area contributed by atoms with Crippen LogP contribution in [0.2, 0.25) is 0 Å². The van der Waals surface area contributed by atoms with E-state index in [2.05, 4.69) is 10.5 Å². The van der Waals surface area contributed by atoms with Crippen molar-refractivity contribution in [2.24, 2.45) is 5.10 Å². The van der Waals surface area contributed by atoms with Crippen LogP contribution in [0.5, 0.6) is 5.75 Å². The minimum atomic E-state index is -4.62. The summed E-state index contributed by atoms with van der Waals surface area (Å²) in [5, 5.41) is 23.2. The zero-order chi connectivity index (χ0) is 25.2. The fourth-order valence-electron chi connectivity index (χ4n) is 3.52. The summed E-state index contributed by atoms with van der Waals surface area (Å²) in [5.74, 6) is -1.77. The number of carbonyl (C=O) groups is 1. The second-order valence-corrected chi connectivity index (χ2v) is 7.57. The van der Waals surface area contributed by atoms with Gasteiger partial charge in [0, 0.05) is 33.8 Å². The normalized spacial score (nSPS) is 11.6. The Morgan fingerprint density at radius 3 is 2.66 bits per heavy atom. The lowest BCUT2D eigenvalue weighted by Crippen LogP contribution is -2.17. The lowest BCUT2D eigenvalue weighted by atomic mass is 10.1. The van der Waals surface area contributed by atoms with E-state index in [0.717, 1.165) is 17.5 Å². The van der Waals surface area contributed by atoms with E-state index in [1.54, 1.807) is 41.1 Å². The lowest BCUT2D eigenvalue weighted by molar-refractivity contribution is -0.137. The maximum absolute atomic E-state index is 14.3. The van der Waals surface area contributed by atoms with Crippen molar-refractivity contribution < 1.29 is 27.5 Å². The van der Waals surface area contributed by atoms with Gasteiger partial charge >= 0.3 is 6.18 Å². The van der Waals surface area contributed by atoms with E-state index >= 15 is 0 Å². The Labute approximate surface area is 196 Å². The maximum Gasteiger partial charge on any atom is 0.416 e. The summed E-state index contributed by atoms with van der Waals surface area (Å²) in [6.07, 6.45) is -1.53. The van der Waals surface area contributed by atoms with E-state index in [4.69, 9.17) is 5.26 Å². The van der Waals surface area contributed by atoms with Crippen LogP contribution in [-0.2, 0) is 12.7 Å². The average molecular weight is 480 g/mol. The average Bonchev–Trinajstić information content (AvgIpc) is 3.23. The summed E-state index contributed by atoms with van der Waals surface area (Å²) in [5.41, 5.74) is 2.82. The van der Waals surface area contributed by atoms with Gasteiger partial charge in [0.25, 0.3) is 5.91 Å². The van der Waals surface area contributed by atoms with Gasteiger partial charge in [-0.05, 0) is 42.5 Å². The second kappa shape index (κ2) is 9.30. The van der Waals surface area contributed by atoms with Crippen LogP contribution in [0.15, 0.2) is 72.0 Å². The Morgan fingerprint density at radius 2 is 1.94 bits per heavy atom. The molecule has 0 spiro atoms. The van der Waals surface area contributed by atoms with Crippen molar-refractivity contribution in [2.45, 2.75) is 12.7 Å². The molecule has 2 N–H and O–H groups in total. The van der Waals surface area contributed by atoms with Gasteiger partial charge in [-0.25, -0.2) is 9.82 Å². The van der Waals surface area contributed by atoms with Crippen LogP contribution in [0.3, 0.4) is 0 Å². The predicted octanol–water partition coefficient (Wildman–Crippen LogP) is 5.19. The molecule has 0 aliphatic heterocycles. The molecule has 0 radical (unpaired) electrons. The van der Waals surface area contributed by atoms with E-state index in [9.17, 15) is 27.5 Å². The van der Waals surface area contributed by atoms with Crippen molar-refractivity contribution in [2.75, 3.05) is 0 Å². The van der Waals surface area contributed by atoms with Crippen LogP contribution >= 0.6 is 0 Å². The number of rotatable bonds is 5. The highest BCUT2D eigenvalue weighted by atomic mass is 19.4. The van der Waals surface area contributed by atoms with Crippen LogP contribution in [0.4, 0.5) is 17.6 Å². The summed E-state index contributed by atoms with van der Waals surface area (Å²) in [6.45, 7) is 0.0207. The number of halogens is 4. The molecular weight excluding hydrogens is 464 g/mol. The summed E-state index contributed by atoms with van der Waals surface area (Å²) in [7, 11) is 0. The molecule has 35 heavy (non-hydrogen) atoms. The Hall–Kier alpha value is -4.65. The molecule has 4 rings (SSSR count). The highest BCUT2D eigenvalue weighted by Crippen LogP contribution is 2.30. The van der Waals surface area contributed by atoms with Crippen molar-refractivity contribution in [3.8, 4) is 11.8 Å². The molecule has 0 bridgehead atoms. The molecule has 1 heterocycles. The molecule has 0 saturated carbocycles. The van der Waals surface area contributed by atoms with Crippen molar-refractivity contribution in [1.29, 1.82) is 5.26 Å². The number of amides is 1. The molecule has 1 amide bonds. The molecule has 10 heteroatoms. The number of carbonyl (C=O) groups excluding carboxylic acids is 1. The van der Waals surface area contributed by atoms with E-state index in [1.807, 2.05) is 0 Å². The molecule has 3 aromatic carbocycles. The third-order valence-corrected chi connectivity index (χ3v) is 5.32. The monoisotopic (exact) mass is 480 g/mol. The van der Waals surface area contributed by atoms with Gasteiger partial charge in [0.1, 0.15) is 17.6 Å². The Bertz CT molecular complexity index is 1500. The largest absolute Gasteiger partial charge is 0.507 e. The standard InChI is InChI=1S/C25H16F4N4O2/c26-21-11-19(25(27,28)29)6-4-17(21)14-33-9-8-20-16(2-1-3-22(20)33)13-31-32-24(35)15-5-7-23(34)18(10-15)12-30/h1-11,13,34H,14H2,(H,32,35). The summed E-state index contributed by atoms with van der Waals surface area (Å²) >= 11 is 0. The second-order valence-electron chi connectivity index (χ2n) is 7.57. The SMILES string of the molecule is N#Cc1cc(C(=O)NN=Cc2cccc3c2ccn3Cc2ccc(C(F)(F)F)cc2F)ccc1O. The predicted molar refractivity (Wildman–Crippen MR) is 120 cm³/mol. The van der Waals surface area contributed by atoms with Crippen molar-refractivity contribution >= 4 is 23.0 Å². The number of nitriles is 1. The van der Waals surface area contributed by atoms with Crippen LogP contribution in [0.25, 0.3) is 10.9 Å². The van der Waals surface area contributed by atoms with Crippen LogP contribution in [0, 0.1) is 17.1 Å². The van der Waals surface area contributed by atoms with Gasteiger partial charge in [-0.1, -0.05) is 18.2 Å². The number of hydrogen-bond acceptors (Lipinski definition) is 4. The third kappa shape index (κ3) is 4.99. The summed E-state index contributed by atoms with van der Waals surface area (Å²) in [6, 6.07) is 15.0. The maximum atomic E-state index is 14.3. The Kier molecular flexibility index (Phi) is 6.25. The molecule has 0 aliphatic carbocycles. The fourth-order valence-corrected chi connectivity index (χ4v) is 3.52. The van der Waals surface area contributed by atoms with Gasteiger partial charge in [0.15, 0.2) is 0 Å². The molecule has 176 valence electrons. The molecule has 0 aliphatic rings. The molecule has 0 saturated heterocycles. The molecule has 0 atom stereocenters. The van der Waals surface area contributed by atoms with Crippen LogP contribution in [0.1, 0.15) is 32.6 Å². The molecule has 6 nitrogen and oxygen atoms in total. The van der Waals surface area contributed by atoms with Gasteiger partial charge in [-0.2, -0.15) is 23.5 Å². The number of benzene rings is 3. The van der Waals surface area contributed by atoms with Crippen molar-refractivity contribution in [3.05, 3.63) is 100 Å². The minimum Gasteiger partial charge on any atom is -0.507 e. The number of hydrogen-bond donors (Lipinski definition) is 2. The minimum absolute atomic E-state index is 0.0207. The zero-order valence-corrected chi connectivity index (χ0v) is 17.8. The molecular formula is C25H16F4N4O2. The number of hydrazone groups is 1. The smallest absolute Gasteiger partial charge is 0.416 e. The fraction of sp³-hybridized carbons (Fsp3) is 0.0800. The highest BCUT2D eigenvalue weighted by Gasteiger charge is 2.31. The first-order chi connectivity index (χ1) is 16.7. The zero-order valence-electron chi connectivity index (χ0n) is 17.8. The number of nitrogens with zero attached hydrogens (tertiary/aromatic N) is 3. The van der Waals surface area contributed by atoms with Crippen LogP contribution < -0.4 is 5.43 Å². The van der Waals surface area contributed by atoms with E-state index in [0.29, 0.717) is 17.1 Å². The van der Waals surface area contributed by atoms with Gasteiger partial charge in [-0.15, -0.1) is 0 Å². The first-order valence-electron chi connectivity index (χ1n) is 10.2. The molecule has 4 aromatic rings. The van der Waals surface area contributed by atoms with Gasteiger partial charge in [-0.3, -0.25) is 4.79 Å². The number of phenolic OH excluding ortho intramolecular Hbond substituents is 1. The van der Waals surface area contributed by atoms with E-state index in [-0.39, 0.29) is 29.0 Å². The molecule has 0 unspecified atom stereocenters. The quantitative estimate of drug-likeness (QED) is 0.234. The number of aromatic nitrogens is 1. The number of aromatic hydroxyl groups is 1. The Morgan fingerprint density at radius 1 is 1.14 bits per heavy atom. The number of alkyl halides is 3. The van der Waals surface area contributed by atoms with Gasteiger partial charge in [0.2, 0.25) is 0 Å². The van der Waals surface area contributed by atoms with Crippen molar-refractivity contribution in [3.63, 3.8) is 0 Å². The Balaban J connectivity index is 1.53. The number of nitrogens with one attached hydrogen (secondary N) is 1. The molecule has 0 fully saturated rings. The van der Waals surface area contributed by atoms with Crippen LogP contribution in [-0.4, -0.2) is 21.8 Å². The van der Waals surface area contributed by atoms with E-state index in [1.165, 1.54) is 24.4 Å². The molecule has 1 aromatic heterocycles. The van der Waals surface area contributed by atoms with E-state index < -0.39 is 23.5 Å². The van der Waals surface area contributed by atoms with Gasteiger partial charge < -0.3 is 9.67 Å². The number of phenols is 1. The lowest BCUT2D eigenvalue weighted by Gasteiger charge is -2.11. The summed E-state index contributed by atoms with van der Waals surface area (Å²) < 4.78 is 54.4. The van der Waals surface area contributed by atoms with Gasteiger partial charge in [0.05, 0.1) is 23.9 Å². The van der Waals surface area contributed by atoms with Crippen molar-refractivity contribution in [1.82, 2.24) is 9.99 Å². The number of fused-ring (bicyclic) bond motifs is 1.